The highest BCUT2D eigenvalue weighted by atomic mass is 32.2. The fourth-order valence-electron chi connectivity index (χ4n) is 2.89. The van der Waals surface area contributed by atoms with E-state index in [0.29, 0.717) is 0 Å². The molecule has 2 bridgehead atoms. The Morgan fingerprint density at radius 2 is 2.04 bits per heavy atom. The summed E-state index contributed by atoms with van der Waals surface area (Å²) in [4.78, 5) is 24.9. The monoisotopic (exact) mass is 366 g/mol. The summed E-state index contributed by atoms with van der Waals surface area (Å²) in [6.45, 7) is 0.0123. The molecule has 0 spiro atoms. The van der Waals surface area contributed by atoms with Gasteiger partial charge in [-0.1, -0.05) is 0 Å². The molecular formula is C13H22N2O8S. The zero-order chi connectivity index (χ0) is 18.3. The van der Waals surface area contributed by atoms with Crippen LogP contribution in [0.25, 0.3) is 0 Å². The summed E-state index contributed by atoms with van der Waals surface area (Å²) in [6.07, 6.45) is -0.516. The normalized spacial score (nSPS) is 38.3. The van der Waals surface area contributed by atoms with Gasteiger partial charge in [-0.15, -0.1) is 0 Å². The van der Waals surface area contributed by atoms with Crippen LogP contribution < -0.4 is 10.6 Å². The Bertz CT molecular complexity index is 570. The molecule has 3 aliphatic rings. The van der Waals surface area contributed by atoms with E-state index in [2.05, 4.69) is 10.6 Å². The Morgan fingerprint density at radius 3 is 2.58 bits per heavy atom. The number of amides is 2. The van der Waals surface area contributed by atoms with Gasteiger partial charge in [-0.3, -0.25) is 13.8 Å². The summed E-state index contributed by atoms with van der Waals surface area (Å²) < 4.78 is 16.8. The topological polar surface area (TPSA) is 165 Å². The maximum absolute atomic E-state index is 12.5. The van der Waals surface area contributed by atoms with Gasteiger partial charge < -0.3 is 35.8 Å². The van der Waals surface area contributed by atoms with E-state index < -0.39 is 58.3 Å². The zero-order valence-electron chi connectivity index (χ0n) is 13.3. The summed E-state index contributed by atoms with van der Waals surface area (Å²) in [5.74, 6) is -3.03. The van der Waals surface area contributed by atoms with Gasteiger partial charge >= 0.3 is 0 Å². The van der Waals surface area contributed by atoms with E-state index in [1.54, 1.807) is 0 Å². The van der Waals surface area contributed by atoms with E-state index in [-0.39, 0.29) is 18.8 Å². The number of rotatable bonds is 5. The second-order valence-electron chi connectivity index (χ2n) is 6.40. The minimum atomic E-state index is -2.36. The van der Waals surface area contributed by atoms with Crippen LogP contribution in [-0.4, -0.2) is 84.8 Å². The quantitative estimate of drug-likeness (QED) is 0.288. The standard InChI is InChI=1S/C13H22N2O8S/c1-11(20,6-16)8(17)13-10(19)14-12(21,9(18)15-13)7(3-4-23-13)5-24(2)22/h7-8,16-17,20-21H,3-6H2,1-2H3,(H,14,19)(H,15,18)/t7?,8-,11-,12+,13-,24?/m0/s1. The number of ether oxygens (including phenoxy) is 1. The van der Waals surface area contributed by atoms with Crippen LogP contribution in [0, 0.1) is 5.92 Å². The third kappa shape index (κ3) is 2.95. The van der Waals surface area contributed by atoms with E-state index >= 15 is 0 Å². The molecule has 0 saturated carbocycles. The Kier molecular flexibility index (Phi) is 5.06. The van der Waals surface area contributed by atoms with E-state index in [4.69, 9.17) is 4.74 Å². The zero-order valence-corrected chi connectivity index (χ0v) is 14.1. The lowest BCUT2D eigenvalue weighted by Gasteiger charge is -2.51. The van der Waals surface area contributed by atoms with Gasteiger partial charge in [-0.25, -0.2) is 0 Å². The van der Waals surface area contributed by atoms with Gasteiger partial charge in [0.1, 0.15) is 11.7 Å². The maximum atomic E-state index is 12.5. The molecule has 3 heterocycles. The van der Waals surface area contributed by atoms with Crippen molar-refractivity contribution in [3.8, 4) is 0 Å². The molecule has 6 atom stereocenters. The van der Waals surface area contributed by atoms with Crippen LogP contribution in [0.15, 0.2) is 0 Å². The van der Waals surface area contributed by atoms with Crippen molar-refractivity contribution < 1.29 is 39.0 Å². The van der Waals surface area contributed by atoms with Gasteiger partial charge in [0, 0.05) is 28.7 Å². The molecule has 2 unspecified atom stereocenters. The van der Waals surface area contributed by atoms with E-state index in [9.17, 15) is 34.2 Å². The second kappa shape index (κ2) is 6.32. The molecule has 11 heteroatoms. The summed E-state index contributed by atoms with van der Waals surface area (Å²) in [5.41, 5.74) is -6.81. The van der Waals surface area contributed by atoms with Crippen LogP contribution in [0.4, 0.5) is 0 Å². The molecular weight excluding hydrogens is 344 g/mol. The second-order valence-corrected chi connectivity index (χ2v) is 7.88. The van der Waals surface area contributed by atoms with E-state index in [1.807, 2.05) is 0 Å². The van der Waals surface area contributed by atoms with Crippen molar-refractivity contribution >= 4 is 22.6 Å². The highest BCUT2D eigenvalue weighted by Gasteiger charge is 2.64. The predicted octanol–water partition coefficient (Wildman–Crippen LogP) is -3.86. The van der Waals surface area contributed by atoms with Crippen LogP contribution in [0.3, 0.4) is 0 Å². The number of aliphatic hydroxyl groups is 4. The molecule has 0 radical (unpaired) electrons. The summed E-state index contributed by atoms with van der Waals surface area (Å²) in [6, 6.07) is 0. The Hall–Kier alpha value is -1.11. The lowest BCUT2D eigenvalue weighted by Crippen LogP contribution is -2.83. The third-order valence-electron chi connectivity index (χ3n) is 4.40. The van der Waals surface area contributed by atoms with Crippen molar-refractivity contribution in [1.29, 1.82) is 0 Å². The summed E-state index contributed by atoms with van der Waals surface area (Å²) in [7, 11) is -1.34. The molecule has 0 aromatic heterocycles. The number of piperazine rings is 1. The van der Waals surface area contributed by atoms with Gasteiger partial charge in [0.2, 0.25) is 5.72 Å². The largest absolute Gasteiger partial charge is 0.393 e. The SMILES string of the molecule is CS(=O)CC1CCO[C@]2([C@@H](O)[C@@](C)(O)CO)NC(=O)[C@@]1(O)NC2=O. The lowest BCUT2D eigenvalue weighted by atomic mass is 9.83. The van der Waals surface area contributed by atoms with Crippen molar-refractivity contribution in [1.82, 2.24) is 10.6 Å². The number of aliphatic hydroxyl groups excluding tert-OH is 2. The molecule has 0 aromatic carbocycles. The number of carbonyl (C=O) groups excluding carboxylic acids is 2. The third-order valence-corrected chi connectivity index (χ3v) is 5.28. The Balaban J connectivity index is 2.41. The molecule has 6 N–H and O–H groups in total. The first-order valence-corrected chi connectivity index (χ1v) is 9.05. The molecule has 3 fully saturated rings. The van der Waals surface area contributed by atoms with Gasteiger partial charge in [0.15, 0.2) is 0 Å². The van der Waals surface area contributed by atoms with Crippen molar-refractivity contribution in [3.05, 3.63) is 0 Å². The molecule has 3 saturated heterocycles. The smallest absolute Gasteiger partial charge is 0.278 e. The molecule has 10 nitrogen and oxygen atoms in total. The number of hydrogen-bond donors (Lipinski definition) is 6. The average Bonchev–Trinajstić information content (AvgIpc) is 2.49. The first-order chi connectivity index (χ1) is 11.0. The van der Waals surface area contributed by atoms with Crippen LogP contribution in [-0.2, 0) is 25.1 Å². The predicted molar refractivity (Wildman–Crippen MR) is 80.7 cm³/mol. The summed E-state index contributed by atoms with van der Waals surface area (Å²) >= 11 is 0. The van der Waals surface area contributed by atoms with Gasteiger partial charge in [-0.2, -0.15) is 0 Å². The van der Waals surface area contributed by atoms with Gasteiger partial charge in [0.25, 0.3) is 17.5 Å². The lowest BCUT2D eigenvalue weighted by molar-refractivity contribution is -0.240. The van der Waals surface area contributed by atoms with Crippen LogP contribution in [0.5, 0.6) is 0 Å². The minimum Gasteiger partial charge on any atom is -0.393 e. The molecule has 3 aliphatic heterocycles. The Morgan fingerprint density at radius 1 is 1.42 bits per heavy atom. The first kappa shape index (κ1) is 19.2. The first-order valence-electron chi connectivity index (χ1n) is 7.32. The summed E-state index contributed by atoms with van der Waals surface area (Å²) in [5, 5.41) is 44.4. The molecule has 0 aromatic rings. The van der Waals surface area contributed by atoms with Crippen LogP contribution >= 0.6 is 0 Å². The molecule has 138 valence electrons. The van der Waals surface area contributed by atoms with Crippen LogP contribution in [0.1, 0.15) is 13.3 Å². The molecule has 24 heavy (non-hydrogen) atoms. The number of hydrogen-bond acceptors (Lipinski definition) is 8. The fraction of sp³-hybridized carbons (Fsp3) is 0.846. The van der Waals surface area contributed by atoms with Crippen molar-refractivity contribution in [2.45, 2.75) is 36.5 Å². The molecule has 2 amide bonds. The van der Waals surface area contributed by atoms with Gasteiger partial charge in [-0.05, 0) is 13.3 Å². The Labute approximate surface area is 140 Å². The van der Waals surface area contributed by atoms with Crippen molar-refractivity contribution in [3.63, 3.8) is 0 Å². The molecule has 0 aliphatic carbocycles. The minimum absolute atomic E-state index is 0.0442. The number of fused-ring (bicyclic) bond motifs is 5. The van der Waals surface area contributed by atoms with Crippen molar-refractivity contribution in [2.24, 2.45) is 5.92 Å². The fourth-order valence-corrected chi connectivity index (χ4v) is 3.86. The number of carbonyl (C=O) groups is 2. The van der Waals surface area contributed by atoms with Crippen LogP contribution in [0.2, 0.25) is 0 Å². The highest BCUT2D eigenvalue weighted by molar-refractivity contribution is 7.84. The van der Waals surface area contributed by atoms with E-state index in [1.165, 1.54) is 6.26 Å². The van der Waals surface area contributed by atoms with Gasteiger partial charge in [0.05, 0.1) is 13.2 Å². The van der Waals surface area contributed by atoms with Crippen molar-refractivity contribution in [2.75, 3.05) is 25.2 Å². The maximum Gasteiger partial charge on any atom is 0.278 e. The van der Waals surface area contributed by atoms with E-state index in [0.717, 1.165) is 6.92 Å². The average molecular weight is 366 g/mol. The number of nitrogens with one attached hydrogen (secondary N) is 2. The highest BCUT2D eigenvalue weighted by Crippen LogP contribution is 2.34. The molecule has 3 rings (SSSR count).